The van der Waals surface area contributed by atoms with Crippen molar-refractivity contribution in [2.24, 2.45) is 0 Å². The summed E-state index contributed by atoms with van der Waals surface area (Å²) in [6, 6.07) is 13.1. The van der Waals surface area contributed by atoms with E-state index in [4.69, 9.17) is 9.47 Å². The lowest BCUT2D eigenvalue weighted by Crippen LogP contribution is -2.41. The normalized spacial score (nSPS) is 17.7. The van der Waals surface area contributed by atoms with Gasteiger partial charge in [-0.1, -0.05) is 6.07 Å². The number of amides is 1. The Balaban J connectivity index is 2.01. The van der Waals surface area contributed by atoms with E-state index < -0.39 is 15.9 Å². The molecule has 7 heteroatoms. The van der Waals surface area contributed by atoms with E-state index in [2.05, 4.69) is 0 Å². The molecule has 2 aromatic rings. The van der Waals surface area contributed by atoms with Crippen molar-refractivity contribution in [1.29, 1.82) is 0 Å². The van der Waals surface area contributed by atoms with E-state index in [1.807, 2.05) is 0 Å². The van der Waals surface area contributed by atoms with Gasteiger partial charge in [0.05, 0.1) is 26.0 Å². The Morgan fingerprint density at radius 1 is 1.04 bits per heavy atom. The summed E-state index contributed by atoms with van der Waals surface area (Å²) in [7, 11) is -0.231. The Bertz CT molecular complexity index is 935. The molecule has 2 aromatic carbocycles. The van der Waals surface area contributed by atoms with Gasteiger partial charge in [0.15, 0.2) is 9.84 Å². The van der Waals surface area contributed by atoms with Gasteiger partial charge in [-0.25, -0.2) is 8.42 Å². The number of anilines is 1. The summed E-state index contributed by atoms with van der Waals surface area (Å²) in [6.07, 6.45) is 1.54. The summed E-state index contributed by atoms with van der Waals surface area (Å²) in [5.41, 5.74) is 1.00. The highest BCUT2D eigenvalue weighted by Crippen LogP contribution is 2.28. The third kappa shape index (κ3) is 3.72. The number of sulfone groups is 1. The molecule has 1 aliphatic heterocycles. The first kappa shape index (κ1) is 18.0. The lowest BCUT2D eigenvalue weighted by molar-refractivity contribution is 0.0983. The predicted octanol–water partition coefficient (Wildman–Crippen LogP) is 2.66. The molecule has 0 N–H and O–H groups in total. The number of carbonyl (C=O) groups excluding carboxylic acids is 1. The summed E-state index contributed by atoms with van der Waals surface area (Å²) in [5.74, 6) is 0.775. The molecule has 0 fully saturated rings. The Labute approximate surface area is 152 Å². The van der Waals surface area contributed by atoms with Crippen LogP contribution in [0.4, 0.5) is 5.69 Å². The third-order valence-electron chi connectivity index (χ3n) is 4.13. The lowest BCUT2D eigenvalue weighted by Gasteiger charge is -2.28. The highest BCUT2D eigenvalue weighted by Gasteiger charge is 2.32. The lowest BCUT2D eigenvalue weighted by atomic mass is 10.1. The second kappa shape index (κ2) is 7.21. The average molecular weight is 373 g/mol. The summed E-state index contributed by atoms with van der Waals surface area (Å²) in [5, 5.41) is 1.16. The van der Waals surface area contributed by atoms with Crippen LogP contribution in [0.2, 0.25) is 0 Å². The van der Waals surface area contributed by atoms with E-state index in [9.17, 15) is 13.2 Å². The van der Waals surface area contributed by atoms with Crippen molar-refractivity contribution in [3.05, 3.63) is 65.6 Å². The number of benzene rings is 2. The smallest absolute Gasteiger partial charge is 0.258 e. The largest absolute Gasteiger partial charge is 0.497 e. The van der Waals surface area contributed by atoms with Crippen molar-refractivity contribution >= 4 is 21.4 Å². The quantitative estimate of drug-likeness (QED) is 0.806. The number of methoxy groups -OCH3 is 2. The molecule has 1 unspecified atom stereocenters. The summed E-state index contributed by atoms with van der Waals surface area (Å²) in [4.78, 5) is 14.6. The van der Waals surface area contributed by atoms with Crippen molar-refractivity contribution in [3.63, 3.8) is 0 Å². The monoisotopic (exact) mass is 373 g/mol. The van der Waals surface area contributed by atoms with Crippen molar-refractivity contribution in [1.82, 2.24) is 0 Å². The fourth-order valence-corrected chi connectivity index (χ4v) is 4.08. The number of rotatable bonds is 5. The van der Waals surface area contributed by atoms with Crippen LogP contribution in [0.15, 0.2) is 60.0 Å². The summed E-state index contributed by atoms with van der Waals surface area (Å²) < 4.78 is 34.1. The van der Waals surface area contributed by atoms with E-state index in [-0.39, 0.29) is 11.7 Å². The molecule has 0 radical (unpaired) electrons. The molecule has 6 nitrogen and oxygen atoms in total. The second-order valence-corrected chi connectivity index (χ2v) is 7.76. The fourth-order valence-electron chi connectivity index (χ4n) is 2.81. The Hall–Kier alpha value is -2.80. The zero-order chi connectivity index (χ0) is 18.7. The van der Waals surface area contributed by atoms with Gasteiger partial charge in [0.25, 0.3) is 5.91 Å². The zero-order valence-electron chi connectivity index (χ0n) is 14.5. The molecule has 0 bridgehead atoms. The van der Waals surface area contributed by atoms with E-state index in [1.54, 1.807) is 55.6 Å². The second-order valence-electron chi connectivity index (χ2n) is 5.83. The van der Waals surface area contributed by atoms with Crippen molar-refractivity contribution < 1.29 is 22.7 Å². The van der Waals surface area contributed by atoms with Crippen LogP contribution < -0.4 is 14.4 Å². The fraction of sp³-hybridized carbons (Fsp3) is 0.211. The molecule has 1 heterocycles. The maximum Gasteiger partial charge on any atom is 0.258 e. The summed E-state index contributed by atoms with van der Waals surface area (Å²) >= 11 is 0. The molecule has 0 aliphatic carbocycles. The van der Waals surface area contributed by atoms with Gasteiger partial charge in [-0.15, -0.1) is 0 Å². The highest BCUT2D eigenvalue weighted by atomic mass is 32.2. The first-order valence-corrected chi connectivity index (χ1v) is 9.68. The molecule has 1 aliphatic rings. The molecule has 0 saturated carbocycles. The van der Waals surface area contributed by atoms with Crippen molar-refractivity contribution in [3.8, 4) is 11.5 Å². The van der Waals surface area contributed by atoms with Gasteiger partial charge in [0.1, 0.15) is 11.5 Å². The van der Waals surface area contributed by atoms with Gasteiger partial charge in [0.2, 0.25) is 0 Å². The Morgan fingerprint density at radius 2 is 1.73 bits per heavy atom. The zero-order valence-corrected chi connectivity index (χ0v) is 15.3. The minimum atomic E-state index is -3.32. The van der Waals surface area contributed by atoms with Crippen LogP contribution in [0.1, 0.15) is 10.4 Å². The van der Waals surface area contributed by atoms with Gasteiger partial charge >= 0.3 is 0 Å². The van der Waals surface area contributed by atoms with E-state index >= 15 is 0 Å². The van der Waals surface area contributed by atoms with Crippen LogP contribution >= 0.6 is 0 Å². The van der Waals surface area contributed by atoms with Crippen molar-refractivity contribution in [2.75, 3.05) is 24.9 Å². The average Bonchev–Trinajstić information content (AvgIpc) is 3.01. The maximum absolute atomic E-state index is 13.2. The van der Waals surface area contributed by atoms with Crippen LogP contribution in [0.5, 0.6) is 11.5 Å². The topological polar surface area (TPSA) is 72.9 Å². The van der Waals surface area contributed by atoms with Gasteiger partial charge < -0.3 is 14.4 Å². The molecule has 1 atom stereocenters. The predicted molar refractivity (Wildman–Crippen MR) is 99.5 cm³/mol. The maximum atomic E-state index is 13.2. The van der Waals surface area contributed by atoms with Gasteiger partial charge in [-0.05, 0) is 42.5 Å². The molecule has 0 spiro atoms. The highest BCUT2D eigenvalue weighted by molar-refractivity contribution is 7.94. The molecule has 0 saturated heterocycles. The van der Waals surface area contributed by atoms with Crippen LogP contribution in [0, 0.1) is 0 Å². The van der Waals surface area contributed by atoms with Gasteiger partial charge in [-0.2, -0.15) is 0 Å². The standard InChI is InChI=1S/C19H19NO5S/c1-24-17-8-6-14(7-9-17)19(21)20(16-10-11-26(22,23)13-16)15-4-3-5-18(12-15)25-2/h3-12,16H,13H2,1-2H3. The van der Waals surface area contributed by atoms with Gasteiger partial charge in [-0.3, -0.25) is 4.79 Å². The van der Waals surface area contributed by atoms with Crippen LogP contribution in [0.25, 0.3) is 0 Å². The number of carbonyl (C=O) groups is 1. The summed E-state index contributed by atoms with van der Waals surface area (Å²) in [6.45, 7) is 0. The Morgan fingerprint density at radius 3 is 2.31 bits per heavy atom. The number of nitrogens with zero attached hydrogens (tertiary/aromatic N) is 1. The van der Waals surface area contributed by atoms with Crippen LogP contribution in [-0.2, 0) is 9.84 Å². The van der Waals surface area contributed by atoms with E-state index in [0.29, 0.717) is 22.7 Å². The molecule has 26 heavy (non-hydrogen) atoms. The minimum absolute atomic E-state index is 0.147. The van der Waals surface area contributed by atoms with E-state index in [1.165, 1.54) is 18.1 Å². The first-order chi connectivity index (χ1) is 12.4. The first-order valence-electron chi connectivity index (χ1n) is 7.96. The molecule has 1 amide bonds. The van der Waals surface area contributed by atoms with Gasteiger partial charge in [0, 0.05) is 22.7 Å². The molecular weight excluding hydrogens is 354 g/mol. The van der Waals surface area contributed by atoms with E-state index in [0.717, 1.165) is 5.41 Å². The SMILES string of the molecule is COc1ccc(C(=O)N(c2cccc(OC)c2)C2C=CS(=O)(=O)C2)cc1. The van der Waals surface area contributed by atoms with Crippen molar-refractivity contribution in [2.45, 2.75) is 6.04 Å². The van der Waals surface area contributed by atoms with Crippen LogP contribution in [-0.4, -0.2) is 40.3 Å². The minimum Gasteiger partial charge on any atom is -0.497 e. The number of hydrogen-bond acceptors (Lipinski definition) is 5. The Kier molecular flexibility index (Phi) is 4.99. The molecule has 3 rings (SSSR count). The number of hydrogen-bond donors (Lipinski definition) is 0. The van der Waals surface area contributed by atoms with Crippen LogP contribution in [0.3, 0.4) is 0 Å². The molecule has 136 valence electrons. The third-order valence-corrected chi connectivity index (χ3v) is 5.51. The molecular formula is C19H19NO5S. The molecule has 0 aromatic heterocycles. The number of ether oxygens (including phenoxy) is 2.